The Hall–Kier alpha value is -1.38. The fourth-order valence-electron chi connectivity index (χ4n) is 1.93. The molecule has 1 aliphatic carbocycles. The van der Waals surface area contributed by atoms with Crippen molar-refractivity contribution < 1.29 is 4.92 Å². The molecule has 14 heavy (non-hydrogen) atoms. The van der Waals surface area contributed by atoms with Gasteiger partial charge in [-0.2, -0.15) is 0 Å². The lowest BCUT2D eigenvalue weighted by Crippen LogP contribution is -2.13. The van der Waals surface area contributed by atoms with E-state index in [2.05, 4.69) is 12.1 Å². The molecule has 1 fully saturated rings. The van der Waals surface area contributed by atoms with Crippen molar-refractivity contribution in [2.24, 2.45) is 0 Å². The third kappa shape index (κ3) is 1.76. The molecular formula is C11H13NO2. The van der Waals surface area contributed by atoms with Crippen LogP contribution in [0.3, 0.4) is 0 Å². The predicted molar refractivity (Wildman–Crippen MR) is 53.8 cm³/mol. The van der Waals surface area contributed by atoms with Crippen LogP contribution in [0, 0.1) is 10.1 Å². The van der Waals surface area contributed by atoms with Gasteiger partial charge in [0.1, 0.15) is 0 Å². The monoisotopic (exact) mass is 191 g/mol. The Morgan fingerprint density at radius 3 is 2.43 bits per heavy atom. The third-order valence-electron chi connectivity index (χ3n) is 3.01. The summed E-state index contributed by atoms with van der Waals surface area (Å²) >= 11 is 0. The van der Waals surface area contributed by atoms with Crippen LogP contribution in [0.15, 0.2) is 30.3 Å². The minimum absolute atomic E-state index is 0.0922. The van der Waals surface area contributed by atoms with Gasteiger partial charge in [0, 0.05) is 16.8 Å². The first-order valence-electron chi connectivity index (χ1n) is 4.90. The molecule has 1 aliphatic rings. The van der Waals surface area contributed by atoms with Crippen LogP contribution in [0.25, 0.3) is 0 Å². The Morgan fingerprint density at radius 2 is 1.93 bits per heavy atom. The quantitative estimate of drug-likeness (QED) is 0.541. The van der Waals surface area contributed by atoms with Gasteiger partial charge in [0.05, 0.1) is 0 Å². The smallest absolute Gasteiger partial charge is 0.204 e. The van der Waals surface area contributed by atoms with Gasteiger partial charge in [-0.1, -0.05) is 30.3 Å². The second-order valence-electron chi connectivity index (χ2n) is 3.95. The van der Waals surface area contributed by atoms with Crippen molar-refractivity contribution in [1.29, 1.82) is 0 Å². The van der Waals surface area contributed by atoms with Gasteiger partial charge in [0.25, 0.3) is 0 Å². The van der Waals surface area contributed by atoms with Crippen LogP contribution in [0.2, 0.25) is 0 Å². The molecule has 1 aromatic rings. The average Bonchev–Trinajstić information content (AvgIpc) is 2.97. The lowest BCUT2D eigenvalue weighted by Gasteiger charge is -2.12. The standard InChI is InChI=1S/C11H13NO2/c13-12(14)9-8-11(6-7-11)10-4-2-1-3-5-10/h1-5H,6-9H2. The fourth-order valence-corrected chi connectivity index (χ4v) is 1.93. The summed E-state index contributed by atoms with van der Waals surface area (Å²) in [5, 5.41) is 10.3. The molecule has 0 aromatic heterocycles. The molecule has 0 aliphatic heterocycles. The van der Waals surface area contributed by atoms with E-state index in [0.717, 1.165) is 12.8 Å². The summed E-state index contributed by atoms with van der Waals surface area (Å²) in [6, 6.07) is 10.1. The van der Waals surface area contributed by atoms with Crippen molar-refractivity contribution >= 4 is 0 Å². The van der Waals surface area contributed by atoms with Crippen molar-refractivity contribution in [3.05, 3.63) is 46.0 Å². The Bertz CT molecular complexity index is 330. The zero-order chi connectivity index (χ0) is 10.0. The minimum Gasteiger partial charge on any atom is -0.265 e. The normalized spacial score (nSPS) is 17.7. The molecule has 74 valence electrons. The van der Waals surface area contributed by atoms with Gasteiger partial charge in [0.2, 0.25) is 6.54 Å². The van der Waals surface area contributed by atoms with Gasteiger partial charge in [-0.15, -0.1) is 0 Å². The highest BCUT2D eigenvalue weighted by molar-refractivity contribution is 5.30. The second kappa shape index (κ2) is 3.40. The highest BCUT2D eigenvalue weighted by atomic mass is 16.6. The number of rotatable bonds is 4. The number of benzene rings is 1. The van der Waals surface area contributed by atoms with E-state index in [1.807, 2.05) is 18.2 Å². The van der Waals surface area contributed by atoms with Crippen LogP contribution in [0.5, 0.6) is 0 Å². The molecule has 0 amide bonds. The maximum atomic E-state index is 10.3. The Kier molecular flexibility index (Phi) is 2.23. The minimum atomic E-state index is -0.219. The maximum absolute atomic E-state index is 10.3. The molecule has 0 N–H and O–H groups in total. The first-order chi connectivity index (χ1) is 6.73. The molecule has 0 spiro atoms. The van der Waals surface area contributed by atoms with Gasteiger partial charge < -0.3 is 0 Å². The lowest BCUT2D eigenvalue weighted by molar-refractivity contribution is -0.481. The zero-order valence-electron chi connectivity index (χ0n) is 7.98. The zero-order valence-corrected chi connectivity index (χ0v) is 7.98. The molecular weight excluding hydrogens is 178 g/mol. The number of nitro groups is 1. The van der Waals surface area contributed by atoms with Crippen LogP contribution < -0.4 is 0 Å². The fraction of sp³-hybridized carbons (Fsp3) is 0.455. The lowest BCUT2D eigenvalue weighted by atomic mass is 9.93. The molecule has 0 bridgehead atoms. The summed E-state index contributed by atoms with van der Waals surface area (Å²) in [6.07, 6.45) is 2.89. The second-order valence-corrected chi connectivity index (χ2v) is 3.95. The summed E-state index contributed by atoms with van der Waals surface area (Å²) in [7, 11) is 0. The van der Waals surface area contributed by atoms with Crippen molar-refractivity contribution in [2.75, 3.05) is 6.54 Å². The summed E-state index contributed by atoms with van der Waals surface area (Å²) in [5.41, 5.74) is 1.40. The SMILES string of the molecule is O=[N+]([O-])CCC1(c2ccccc2)CC1. The van der Waals surface area contributed by atoms with Crippen LogP contribution in [-0.4, -0.2) is 11.5 Å². The van der Waals surface area contributed by atoms with Crippen molar-refractivity contribution in [2.45, 2.75) is 24.7 Å². The van der Waals surface area contributed by atoms with E-state index in [4.69, 9.17) is 0 Å². The van der Waals surface area contributed by atoms with Crippen molar-refractivity contribution in [3.8, 4) is 0 Å². The largest absolute Gasteiger partial charge is 0.265 e. The average molecular weight is 191 g/mol. The molecule has 0 atom stereocenters. The van der Waals surface area contributed by atoms with Crippen molar-refractivity contribution in [3.63, 3.8) is 0 Å². The van der Waals surface area contributed by atoms with E-state index < -0.39 is 0 Å². The summed E-state index contributed by atoms with van der Waals surface area (Å²) in [6.45, 7) is 0.0922. The molecule has 2 rings (SSSR count). The molecule has 0 radical (unpaired) electrons. The van der Waals surface area contributed by atoms with E-state index >= 15 is 0 Å². The van der Waals surface area contributed by atoms with Gasteiger partial charge >= 0.3 is 0 Å². The summed E-state index contributed by atoms with van der Waals surface area (Å²) in [5.74, 6) is 0. The van der Waals surface area contributed by atoms with E-state index in [9.17, 15) is 10.1 Å². The molecule has 3 nitrogen and oxygen atoms in total. The Balaban J connectivity index is 2.06. The predicted octanol–water partition coefficient (Wildman–Crippen LogP) is 2.39. The van der Waals surface area contributed by atoms with E-state index in [-0.39, 0.29) is 16.9 Å². The third-order valence-corrected chi connectivity index (χ3v) is 3.01. The Morgan fingerprint density at radius 1 is 1.29 bits per heavy atom. The van der Waals surface area contributed by atoms with Gasteiger partial charge in [-0.05, 0) is 18.4 Å². The summed E-state index contributed by atoms with van der Waals surface area (Å²) < 4.78 is 0. The maximum Gasteiger partial charge on any atom is 0.204 e. The van der Waals surface area contributed by atoms with Crippen molar-refractivity contribution in [1.82, 2.24) is 0 Å². The van der Waals surface area contributed by atoms with E-state index in [0.29, 0.717) is 6.42 Å². The molecule has 1 saturated carbocycles. The topological polar surface area (TPSA) is 43.1 Å². The van der Waals surface area contributed by atoms with Crippen LogP contribution in [0.1, 0.15) is 24.8 Å². The van der Waals surface area contributed by atoms with E-state index in [1.165, 1.54) is 5.56 Å². The van der Waals surface area contributed by atoms with Crippen LogP contribution >= 0.6 is 0 Å². The molecule has 1 aromatic carbocycles. The number of nitrogens with zero attached hydrogens (tertiary/aromatic N) is 1. The molecule has 0 saturated heterocycles. The molecule has 0 heterocycles. The molecule has 3 heteroatoms. The first-order valence-corrected chi connectivity index (χ1v) is 4.90. The van der Waals surface area contributed by atoms with Crippen LogP contribution in [0.4, 0.5) is 0 Å². The first kappa shape index (κ1) is 9.19. The van der Waals surface area contributed by atoms with Crippen LogP contribution in [-0.2, 0) is 5.41 Å². The summed E-state index contributed by atoms with van der Waals surface area (Å²) in [4.78, 5) is 10.1. The van der Waals surface area contributed by atoms with Gasteiger partial charge in [0.15, 0.2) is 0 Å². The number of hydrogen-bond donors (Lipinski definition) is 0. The highest BCUT2D eigenvalue weighted by Gasteiger charge is 2.44. The van der Waals surface area contributed by atoms with Gasteiger partial charge in [-0.25, -0.2) is 0 Å². The Labute approximate surface area is 82.9 Å². The highest BCUT2D eigenvalue weighted by Crippen LogP contribution is 2.50. The molecule has 0 unspecified atom stereocenters. The number of hydrogen-bond acceptors (Lipinski definition) is 2. The van der Waals surface area contributed by atoms with Gasteiger partial charge in [-0.3, -0.25) is 10.1 Å². The van der Waals surface area contributed by atoms with E-state index in [1.54, 1.807) is 0 Å².